The third-order valence-corrected chi connectivity index (χ3v) is 6.27. The van der Waals surface area contributed by atoms with E-state index in [9.17, 15) is 24.8 Å². The number of nitrogens with zero attached hydrogens (tertiary/aromatic N) is 3. The van der Waals surface area contributed by atoms with Crippen LogP contribution in [-0.2, 0) is 28.3 Å². The van der Waals surface area contributed by atoms with E-state index in [1.165, 1.54) is 10.6 Å². The van der Waals surface area contributed by atoms with Gasteiger partial charge in [-0.05, 0) is 37.1 Å². The summed E-state index contributed by atoms with van der Waals surface area (Å²) in [4.78, 5) is 41.5. The second-order valence-electron chi connectivity index (χ2n) is 8.18. The molecule has 10 heteroatoms. The van der Waals surface area contributed by atoms with Crippen molar-refractivity contribution in [1.29, 1.82) is 0 Å². The van der Waals surface area contributed by atoms with Gasteiger partial charge in [0.15, 0.2) is 11.4 Å². The Balaban J connectivity index is 1.73. The molecule has 0 bridgehead atoms. The van der Waals surface area contributed by atoms with Crippen LogP contribution in [0.1, 0.15) is 43.4 Å². The van der Waals surface area contributed by atoms with Gasteiger partial charge >= 0.3 is 11.7 Å². The van der Waals surface area contributed by atoms with Crippen molar-refractivity contribution in [2.75, 3.05) is 6.61 Å². The predicted molar refractivity (Wildman–Crippen MR) is 117 cm³/mol. The Morgan fingerprint density at radius 3 is 2.79 bits per heavy atom. The van der Waals surface area contributed by atoms with Gasteiger partial charge in [-0.2, -0.15) is 0 Å². The van der Waals surface area contributed by atoms with Crippen LogP contribution in [-0.4, -0.2) is 32.2 Å². The number of benzene rings is 1. The molecule has 3 aromatic rings. The molecular formula is C23H21N3O7. The van der Waals surface area contributed by atoms with Gasteiger partial charge in [-0.1, -0.05) is 13.8 Å². The van der Waals surface area contributed by atoms with Crippen molar-refractivity contribution in [2.45, 2.75) is 45.4 Å². The van der Waals surface area contributed by atoms with Gasteiger partial charge in [0.25, 0.3) is 5.56 Å². The maximum Gasteiger partial charge on any atom is 0.343 e. The quantitative estimate of drug-likeness (QED) is 0.278. The monoisotopic (exact) mass is 451 g/mol. The molecule has 2 aromatic heterocycles. The first-order valence-corrected chi connectivity index (χ1v) is 10.7. The Labute approximate surface area is 187 Å². The summed E-state index contributed by atoms with van der Waals surface area (Å²) in [6.07, 6.45) is 0.753. The molecule has 170 valence electrons. The molecule has 5 rings (SSSR count). The Kier molecular flexibility index (Phi) is 4.71. The zero-order valence-electron chi connectivity index (χ0n) is 18.1. The standard InChI is InChI=1S/C23H21N3O7/c1-3-7-32-18-6-5-16-13(20(18)26(30)31)8-12-10-25-17(19(12)24-16)9-15-14(21(25)27)11-33-22(28)23(15,29)4-2/h5-6,8-9,29H,3-4,7,10-11H2,1-2H3. The average molecular weight is 451 g/mol. The fraction of sp³-hybridized carbons (Fsp3) is 0.348. The number of rotatable bonds is 5. The van der Waals surface area contributed by atoms with Crippen molar-refractivity contribution in [2.24, 2.45) is 0 Å². The molecule has 0 spiro atoms. The van der Waals surface area contributed by atoms with Gasteiger partial charge in [-0.3, -0.25) is 14.9 Å². The molecule has 1 unspecified atom stereocenters. The maximum atomic E-state index is 13.2. The number of carbonyl (C=O) groups is 1. The lowest BCUT2D eigenvalue weighted by molar-refractivity contribution is -0.384. The summed E-state index contributed by atoms with van der Waals surface area (Å²) >= 11 is 0. The van der Waals surface area contributed by atoms with E-state index >= 15 is 0 Å². The Morgan fingerprint density at radius 1 is 1.30 bits per heavy atom. The molecule has 1 aromatic carbocycles. The second kappa shape index (κ2) is 7.38. The molecule has 0 fully saturated rings. The Morgan fingerprint density at radius 2 is 2.09 bits per heavy atom. The maximum absolute atomic E-state index is 13.2. The van der Waals surface area contributed by atoms with Crippen LogP contribution in [0.3, 0.4) is 0 Å². The second-order valence-corrected chi connectivity index (χ2v) is 8.18. The molecule has 1 atom stereocenters. The molecule has 0 radical (unpaired) electrons. The van der Waals surface area contributed by atoms with E-state index in [4.69, 9.17) is 9.47 Å². The van der Waals surface area contributed by atoms with Crippen molar-refractivity contribution in [3.8, 4) is 17.1 Å². The zero-order chi connectivity index (χ0) is 23.5. The molecule has 4 heterocycles. The van der Waals surface area contributed by atoms with Crippen molar-refractivity contribution in [3.05, 3.63) is 61.4 Å². The molecule has 1 N–H and O–H groups in total. The lowest BCUT2D eigenvalue weighted by Crippen LogP contribution is -2.44. The zero-order valence-corrected chi connectivity index (χ0v) is 18.1. The number of carbonyl (C=O) groups excluding carboxylic acids is 1. The van der Waals surface area contributed by atoms with Crippen LogP contribution in [0.25, 0.3) is 22.3 Å². The van der Waals surface area contributed by atoms with Crippen LogP contribution in [0.5, 0.6) is 5.75 Å². The number of pyridine rings is 2. The minimum absolute atomic E-state index is 0.0481. The van der Waals surface area contributed by atoms with Crippen LogP contribution in [0.2, 0.25) is 0 Å². The number of aromatic nitrogens is 2. The van der Waals surface area contributed by atoms with E-state index in [2.05, 4.69) is 4.98 Å². The van der Waals surface area contributed by atoms with Crippen LogP contribution in [0.4, 0.5) is 5.69 Å². The highest BCUT2D eigenvalue weighted by molar-refractivity contribution is 5.94. The van der Waals surface area contributed by atoms with E-state index in [0.29, 0.717) is 40.9 Å². The molecule has 2 aliphatic heterocycles. The van der Waals surface area contributed by atoms with E-state index in [1.807, 2.05) is 6.92 Å². The van der Waals surface area contributed by atoms with Crippen molar-refractivity contribution >= 4 is 22.6 Å². The molecule has 0 saturated carbocycles. The van der Waals surface area contributed by atoms with E-state index in [-0.39, 0.29) is 47.7 Å². The number of cyclic esters (lactones) is 1. The summed E-state index contributed by atoms with van der Waals surface area (Å²) in [5, 5.41) is 23.1. The molecule has 0 aliphatic carbocycles. The lowest BCUT2D eigenvalue weighted by Gasteiger charge is -2.31. The largest absolute Gasteiger partial charge is 0.487 e. The molecule has 33 heavy (non-hydrogen) atoms. The topological polar surface area (TPSA) is 134 Å². The minimum atomic E-state index is -1.91. The number of hydrogen-bond donors (Lipinski definition) is 1. The van der Waals surface area contributed by atoms with Gasteiger partial charge in [0, 0.05) is 11.1 Å². The molecule has 0 saturated heterocycles. The van der Waals surface area contributed by atoms with Gasteiger partial charge in [-0.15, -0.1) is 0 Å². The van der Waals surface area contributed by atoms with E-state index in [0.717, 1.165) is 0 Å². The number of fused-ring (bicyclic) bond motifs is 5. The van der Waals surface area contributed by atoms with Crippen molar-refractivity contribution in [1.82, 2.24) is 9.55 Å². The smallest absolute Gasteiger partial charge is 0.343 e. The summed E-state index contributed by atoms with van der Waals surface area (Å²) in [6.45, 7) is 3.84. The van der Waals surface area contributed by atoms with Crippen molar-refractivity contribution in [3.63, 3.8) is 0 Å². The number of nitro benzene ring substituents is 1. The number of ether oxygens (including phenoxy) is 2. The van der Waals surface area contributed by atoms with Gasteiger partial charge in [0.1, 0.15) is 6.61 Å². The number of aliphatic hydroxyl groups is 1. The van der Waals surface area contributed by atoms with Crippen LogP contribution >= 0.6 is 0 Å². The molecule has 10 nitrogen and oxygen atoms in total. The average Bonchev–Trinajstić information content (AvgIpc) is 3.16. The Hall–Kier alpha value is -3.79. The summed E-state index contributed by atoms with van der Waals surface area (Å²) in [5.74, 6) is -0.621. The Bertz CT molecular complexity index is 1410. The summed E-state index contributed by atoms with van der Waals surface area (Å²) in [7, 11) is 0. The predicted octanol–water partition coefficient (Wildman–Crippen LogP) is 2.78. The van der Waals surface area contributed by atoms with Crippen LogP contribution < -0.4 is 10.3 Å². The van der Waals surface area contributed by atoms with Gasteiger partial charge < -0.3 is 19.1 Å². The summed E-state index contributed by atoms with van der Waals surface area (Å²) in [5.41, 5.74) is -0.0707. The highest BCUT2D eigenvalue weighted by Gasteiger charge is 2.45. The fourth-order valence-corrected chi connectivity index (χ4v) is 4.53. The van der Waals surface area contributed by atoms with Crippen LogP contribution in [0.15, 0.2) is 29.1 Å². The van der Waals surface area contributed by atoms with Gasteiger partial charge in [-0.25, -0.2) is 9.78 Å². The third kappa shape index (κ3) is 2.94. The van der Waals surface area contributed by atoms with E-state index in [1.54, 1.807) is 25.1 Å². The third-order valence-electron chi connectivity index (χ3n) is 6.27. The normalized spacial score (nSPS) is 18.5. The summed E-state index contributed by atoms with van der Waals surface area (Å²) in [6, 6.07) is 6.44. The highest BCUT2D eigenvalue weighted by Crippen LogP contribution is 2.41. The molecular weight excluding hydrogens is 430 g/mol. The lowest BCUT2D eigenvalue weighted by atomic mass is 9.86. The first-order valence-electron chi connectivity index (χ1n) is 10.7. The van der Waals surface area contributed by atoms with Gasteiger partial charge in [0.2, 0.25) is 0 Å². The minimum Gasteiger partial charge on any atom is -0.487 e. The number of nitro groups is 1. The first-order chi connectivity index (χ1) is 15.8. The first kappa shape index (κ1) is 21.1. The highest BCUT2D eigenvalue weighted by atomic mass is 16.6. The van der Waals surface area contributed by atoms with Gasteiger partial charge in [0.05, 0.1) is 45.9 Å². The summed E-state index contributed by atoms with van der Waals surface area (Å²) < 4.78 is 12.1. The number of esters is 1. The van der Waals surface area contributed by atoms with E-state index < -0.39 is 16.5 Å². The van der Waals surface area contributed by atoms with Crippen molar-refractivity contribution < 1.29 is 24.3 Å². The number of hydrogen-bond acceptors (Lipinski definition) is 8. The SMILES string of the molecule is CCCOc1ccc2nc3c(cc2c1[N+](=O)[O-])Cn1c-3cc2c(c1=O)COC(=O)C2(O)CC. The fourth-order valence-electron chi connectivity index (χ4n) is 4.53. The molecule has 0 amide bonds. The molecule has 2 aliphatic rings. The van der Waals surface area contributed by atoms with Crippen LogP contribution in [0, 0.1) is 10.1 Å².